The third kappa shape index (κ3) is 4.59. The minimum absolute atomic E-state index is 0.0482. The first-order chi connectivity index (χ1) is 20.5. The van der Waals surface area contributed by atoms with Gasteiger partial charge >= 0.3 is 5.69 Å². The normalized spacial score (nSPS) is 11.2. The number of hydrogen-bond donors (Lipinski definition) is 0. The van der Waals surface area contributed by atoms with Crippen LogP contribution in [-0.2, 0) is 14.1 Å². The highest BCUT2D eigenvalue weighted by atomic mass is 16.1. The minimum Gasteiger partial charge on any atom is -0.295 e. The Hall–Kier alpha value is -5.62. The van der Waals surface area contributed by atoms with Gasteiger partial charge in [-0.15, -0.1) is 0 Å². The molecule has 0 amide bonds. The molecule has 7 aromatic rings. The van der Waals surface area contributed by atoms with Crippen LogP contribution in [0.15, 0.2) is 132 Å². The van der Waals surface area contributed by atoms with Crippen LogP contribution in [0.4, 0.5) is 0 Å². The van der Waals surface area contributed by atoms with Crippen molar-refractivity contribution in [2.75, 3.05) is 0 Å². The molecule has 0 fully saturated rings. The summed E-state index contributed by atoms with van der Waals surface area (Å²) in [5.74, 6) is 1.83. The first-order valence-corrected chi connectivity index (χ1v) is 13.8. The molecule has 42 heavy (non-hydrogen) atoms. The summed E-state index contributed by atoms with van der Waals surface area (Å²) in [6.07, 6.45) is 0. The van der Waals surface area contributed by atoms with Gasteiger partial charge in [0.25, 0.3) is 0 Å². The molecular formula is C36H27N5O. The van der Waals surface area contributed by atoms with E-state index in [0.29, 0.717) is 17.5 Å². The molecule has 0 atom stereocenters. The number of fused-ring (bicyclic) bond motifs is 1. The van der Waals surface area contributed by atoms with E-state index in [2.05, 4.69) is 42.5 Å². The molecule has 5 aromatic carbocycles. The van der Waals surface area contributed by atoms with E-state index in [4.69, 9.17) is 15.0 Å². The highest BCUT2D eigenvalue weighted by Crippen LogP contribution is 2.34. The lowest BCUT2D eigenvalue weighted by Crippen LogP contribution is -2.19. The lowest BCUT2D eigenvalue weighted by Gasteiger charge is -2.13. The third-order valence-electron chi connectivity index (χ3n) is 7.60. The van der Waals surface area contributed by atoms with Gasteiger partial charge in [0.15, 0.2) is 17.5 Å². The summed E-state index contributed by atoms with van der Waals surface area (Å²) >= 11 is 0. The lowest BCUT2D eigenvalue weighted by atomic mass is 9.95. The topological polar surface area (TPSA) is 65.6 Å². The molecule has 0 radical (unpaired) electrons. The highest BCUT2D eigenvalue weighted by Gasteiger charge is 2.16. The van der Waals surface area contributed by atoms with Crippen molar-refractivity contribution in [3.8, 4) is 56.4 Å². The summed E-state index contributed by atoms with van der Waals surface area (Å²) in [4.78, 5) is 27.4. The number of nitrogens with zero attached hydrogens (tertiary/aromatic N) is 5. The van der Waals surface area contributed by atoms with Gasteiger partial charge in [0.05, 0.1) is 11.0 Å². The molecule has 0 bridgehead atoms. The Balaban J connectivity index is 1.47. The van der Waals surface area contributed by atoms with E-state index < -0.39 is 0 Å². The zero-order chi connectivity index (χ0) is 28.6. The maximum Gasteiger partial charge on any atom is 0.328 e. The molecule has 6 heteroatoms. The number of benzene rings is 5. The van der Waals surface area contributed by atoms with E-state index in [9.17, 15) is 4.79 Å². The van der Waals surface area contributed by atoms with Crippen molar-refractivity contribution < 1.29 is 0 Å². The van der Waals surface area contributed by atoms with Crippen LogP contribution >= 0.6 is 0 Å². The van der Waals surface area contributed by atoms with Crippen molar-refractivity contribution in [1.29, 1.82) is 0 Å². The van der Waals surface area contributed by atoms with Gasteiger partial charge in [-0.1, -0.05) is 97.1 Å². The fourth-order valence-corrected chi connectivity index (χ4v) is 5.34. The molecule has 2 heterocycles. The second-order valence-corrected chi connectivity index (χ2v) is 10.3. The molecule has 0 aliphatic heterocycles. The van der Waals surface area contributed by atoms with Crippen molar-refractivity contribution in [1.82, 2.24) is 24.1 Å². The van der Waals surface area contributed by atoms with E-state index in [-0.39, 0.29) is 5.69 Å². The van der Waals surface area contributed by atoms with Crippen molar-refractivity contribution in [2.45, 2.75) is 0 Å². The Labute approximate surface area is 243 Å². The molecule has 0 aliphatic rings. The maximum absolute atomic E-state index is 12.6. The first kappa shape index (κ1) is 25.4. The van der Waals surface area contributed by atoms with Gasteiger partial charge < -0.3 is 0 Å². The Morgan fingerprint density at radius 2 is 0.833 bits per heavy atom. The summed E-state index contributed by atoms with van der Waals surface area (Å²) in [6, 6.07) is 42.8. The molecule has 0 saturated carbocycles. The summed E-state index contributed by atoms with van der Waals surface area (Å²) in [5.41, 5.74) is 8.60. The van der Waals surface area contributed by atoms with Crippen LogP contribution in [0.1, 0.15) is 0 Å². The standard InChI is InChI=1S/C36H27N5O/c1-40-31-19-18-27(23-32(31)41(2)36(40)42)29-20-28(24-12-6-3-7-13-24)21-30(22-29)35-38-33(25-14-8-4-9-15-25)37-34(39-35)26-16-10-5-11-17-26/h3-23H,1-2H3. The maximum atomic E-state index is 12.6. The molecule has 0 saturated heterocycles. The Kier molecular flexibility index (Phi) is 6.28. The van der Waals surface area contributed by atoms with Gasteiger partial charge in [-0.2, -0.15) is 0 Å². The van der Waals surface area contributed by atoms with Crippen molar-refractivity contribution in [3.05, 3.63) is 138 Å². The van der Waals surface area contributed by atoms with Crippen LogP contribution in [0.3, 0.4) is 0 Å². The van der Waals surface area contributed by atoms with Crippen LogP contribution in [0, 0.1) is 0 Å². The van der Waals surface area contributed by atoms with E-state index in [0.717, 1.165) is 50.0 Å². The van der Waals surface area contributed by atoms with Crippen molar-refractivity contribution >= 4 is 11.0 Å². The van der Waals surface area contributed by atoms with Gasteiger partial charge in [0.2, 0.25) is 0 Å². The van der Waals surface area contributed by atoms with Crippen LogP contribution in [-0.4, -0.2) is 24.1 Å². The summed E-state index contributed by atoms with van der Waals surface area (Å²) in [6.45, 7) is 0. The predicted octanol–water partition coefficient (Wildman–Crippen LogP) is 7.40. The van der Waals surface area contributed by atoms with Gasteiger partial charge in [-0.25, -0.2) is 19.7 Å². The van der Waals surface area contributed by atoms with Crippen molar-refractivity contribution in [2.24, 2.45) is 14.1 Å². The Morgan fingerprint density at radius 1 is 0.405 bits per heavy atom. The fourth-order valence-electron chi connectivity index (χ4n) is 5.34. The lowest BCUT2D eigenvalue weighted by molar-refractivity contribution is 0.795. The molecule has 0 N–H and O–H groups in total. The molecule has 0 spiro atoms. The largest absolute Gasteiger partial charge is 0.328 e. The Bertz CT molecular complexity index is 2060. The number of hydrogen-bond acceptors (Lipinski definition) is 4. The second kappa shape index (κ2) is 10.4. The molecule has 2 aromatic heterocycles. The summed E-state index contributed by atoms with van der Waals surface area (Å²) < 4.78 is 3.36. The zero-order valence-electron chi connectivity index (χ0n) is 23.3. The smallest absolute Gasteiger partial charge is 0.295 e. The minimum atomic E-state index is -0.0482. The van der Waals surface area contributed by atoms with Gasteiger partial charge in [-0.3, -0.25) is 9.13 Å². The average molecular weight is 546 g/mol. The molecule has 6 nitrogen and oxygen atoms in total. The second-order valence-electron chi connectivity index (χ2n) is 10.3. The van der Waals surface area contributed by atoms with Crippen LogP contribution < -0.4 is 5.69 Å². The van der Waals surface area contributed by atoms with Crippen LogP contribution in [0.25, 0.3) is 67.5 Å². The zero-order valence-corrected chi connectivity index (χ0v) is 23.3. The average Bonchev–Trinajstić information content (AvgIpc) is 3.28. The first-order valence-electron chi connectivity index (χ1n) is 13.8. The third-order valence-corrected chi connectivity index (χ3v) is 7.60. The fraction of sp³-hybridized carbons (Fsp3) is 0.0556. The van der Waals surface area contributed by atoms with Crippen molar-refractivity contribution in [3.63, 3.8) is 0 Å². The van der Waals surface area contributed by atoms with Crippen LogP contribution in [0.2, 0.25) is 0 Å². The Morgan fingerprint density at radius 3 is 1.38 bits per heavy atom. The monoisotopic (exact) mass is 545 g/mol. The van der Waals surface area contributed by atoms with E-state index in [1.54, 1.807) is 23.2 Å². The predicted molar refractivity (Wildman–Crippen MR) is 169 cm³/mol. The number of imidazole rings is 1. The van der Waals surface area contributed by atoms with Gasteiger partial charge in [0.1, 0.15) is 0 Å². The van der Waals surface area contributed by atoms with E-state index in [1.165, 1.54) is 0 Å². The molecule has 0 aliphatic carbocycles. The molecule has 0 unspecified atom stereocenters. The van der Waals surface area contributed by atoms with Crippen LogP contribution in [0.5, 0.6) is 0 Å². The quantitative estimate of drug-likeness (QED) is 0.226. The number of aromatic nitrogens is 5. The molecular weight excluding hydrogens is 518 g/mol. The molecule has 7 rings (SSSR count). The van der Waals surface area contributed by atoms with E-state index >= 15 is 0 Å². The summed E-state index contributed by atoms with van der Waals surface area (Å²) in [5, 5.41) is 0. The summed E-state index contributed by atoms with van der Waals surface area (Å²) in [7, 11) is 3.61. The number of aryl methyl sites for hydroxylation is 2. The van der Waals surface area contributed by atoms with Gasteiger partial charge in [-0.05, 0) is 52.6 Å². The highest BCUT2D eigenvalue weighted by molar-refractivity contribution is 5.86. The SMILES string of the molecule is Cn1c(=O)n(C)c2cc(-c3cc(-c4ccccc4)cc(-c4nc(-c5ccccc5)nc(-c5ccccc5)n4)c3)ccc21. The number of rotatable bonds is 5. The van der Waals surface area contributed by atoms with Gasteiger partial charge in [0, 0.05) is 30.8 Å². The molecule has 202 valence electrons. The van der Waals surface area contributed by atoms with E-state index in [1.807, 2.05) is 84.9 Å².